The first-order valence-electron chi connectivity index (χ1n) is 3.84. The van der Waals surface area contributed by atoms with E-state index in [1.165, 1.54) is 7.11 Å². The van der Waals surface area contributed by atoms with E-state index in [1.54, 1.807) is 0 Å². The lowest BCUT2D eigenvalue weighted by Gasteiger charge is -2.15. The number of rotatable bonds is 3. The molecule has 0 saturated heterocycles. The highest BCUT2D eigenvalue weighted by atomic mass is 28.4. The summed E-state index contributed by atoms with van der Waals surface area (Å²) in [4.78, 5) is 21.6. The number of hydrogen-bond donors (Lipinski definition) is 0. The molecule has 0 fully saturated rings. The molecule has 0 aromatic rings. The molecule has 0 atom stereocenters. The van der Waals surface area contributed by atoms with Gasteiger partial charge in [0.2, 0.25) is 8.32 Å². The molecule has 0 N–H and O–H groups in total. The van der Waals surface area contributed by atoms with E-state index in [-0.39, 0.29) is 0 Å². The fourth-order valence-corrected chi connectivity index (χ4v) is 1.21. The molecule has 0 rings (SSSR count). The smallest absolute Gasteiger partial charge is 0.330 e. The zero-order valence-corrected chi connectivity index (χ0v) is 9.29. The first-order valence-corrected chi connectivity index (χ1v) is 7.25. The summed E-state index contributed by atoms with van der Waals surface area (Å²) in [6, 6.07) is 0. The number of ether oxygens (including phenoxy) is 1. The first kappa shape index (κ1) is 11.9. The van der Waals surface area contributed by atoms with Crippen LogP contribution in [0.1, 0.15) is 0 Å². The van der Waals surface area contributed by atoms with Gasteiger partial charge >= 0.3 is 11.9 Å². The molecule has 13 heavy (non-hydrogen) atoms. The lowest BCUT2D eigenvalue weighted by molar-refractivity contribution is -0.136. The minimum absolute atomic E-state index is 0.496. The van der Waals surface area contributed by atoms with Gasteiger partial charge in [-0.3, -0.25) is 0 Å². The van der Waals surface area contributed by atoms with Crippen LogP contribution in [0.4, 0.5) is 0 Å². The van der Waals surface area contributed by atoms with E-state index in [9.17, 15) is 9.59 Å². The monoisotopic (exact) mass is 202 g/mol. The van der Waals surface area contributed by atoms with Crippen molar-refractivity contribution >= 4 is 20.3 Å². The Balaban J connectivity index is 4.02. The molecule has 0 aliphatic heterocycles. The molecule has 0 unspecified atom stereocenters. The number of methoxy groups -OCH3 is 1. The molecule has 0 aromatic carbocycles. The van der Waals surface area contributed by atoms with E-state index in [4.69, 9.17) is 4.43 Å². The van der Waals surface area contributed by atoms with Gasteiger partial charge in [0.15, 0.2) is 0 Å². The Morgan fingerprint density at radius 3 is 1.92 bits per heavy atom. The van der Waals surface area contributed by atoms with Crippen molar-refractivity contribution in [1.82, 2.24) is 0 Å². The van der Waals surface area contributed by atoms with E-state index < -0.39 is 20.3 Å². The molecule has 4 nitrogen and oxygen atoms in total. The van der Waals surface area contributed by atoms with Crippen LogP contribution < -0.4 is 0 Å². The lowest BCUT2D eigenvalue weighted by Crippen LogP contribution is -2.28. The average Bonchev–Trinajstić information content (AvgIpc) is 1.97. The zero-order chi connectivity index (χ0) is 10.5. The van der Waals surface area contributed by atoms with Crippen molar-refractivity contribution in [3.8, 4) is 0 Å². The Hall–Kier alpha value is -1.10. The lowest BCUT2D eigenvalue weighted by atomic mass is 10.5. The molecular formula is C8H14O4Si. The van der Waals surface area contributed by atoms with Crippen LogP contribution in [0.25, 0.3) is 0 Å². The highest BCUT2D eigenvalue weighted by Crippen LogP contribution is 2.02. The number of esters is 1. The van der Waals surface area contributed by atoms with Crippen molar-refractivity contribution in [2.24, 2.45) is 0 Å². The van der Waals surface area contributed by atoms with Gasteiger partial charge in [0, 0.05) is 12.2 Å². The van der Waals surface area contributed by atoms with Crippen molar-refractivity contribution in [3.05, 3.63) is 12.2 Å². The number of carbonyl (C=O) groups excluding carboxylic acids is 2. The highest BCUT2D eigenvalue weighted by molar-refractivity contribution is 6.71. The van der Waals surface area contributed by atoms with Gasteiger partial charge in [-0.25, -0.2) is 9.59 Å². The van der Waals surface area contributed by atoms with Crippen LogP contribution in [0.2, 0.25) is 19.6 Å². The number of hydrogen-bond acceptors (Lipinski definition) is 4. The molecule has 0 aliphatic carbocycles. The summed E-state index contributed by atoms with van der Waals surface area (Å²) in [6.45, 7) is 5.66. The van der Waals surface area contributed by atoms with E-state index in [0.29, 0.717) is 0 Å². The molecule has 0 aliphatic rings. The van der Waals surface area contributed by atoms with Crippen molar-refractivity contribution in [2.75, 3.05) is 7.11 Å². The molecule has 5 heteroatoms. The highest BCUT2D eigenvalue weighted by Gasteiger charge is 2.18. The Morgan fingerprint density at radius 2 is 1.54 bits per heavy atom. The largest absolute Gasteiger partial charge is 0.517 e. The predicted molar refractivity (Wildman–Crippen MR) is 50.6 cm³/mol. The molecule has 74 valence electrons. The Morgan fingerprint density at radius 1 is 1.08 bits per heavy atom. The standard InChI is InChI=1S/C8H14O4Si/c1-11-7(9)5-6-8(10)12-13(2,3)4/h5-6H,1-4H3. The number of carbonyl (C=O) groups is 2. The summed E-state index contributed by atoms with van der Waals surface area (Å²) in [6.07, 6.45) is 2.12. The van der Waals surface area contributed by atoms with Gasteiger partial charge in [-0.05, 0) is 19.6 Å². The van der Waals surface area contributed by atoms with Crippen molar-refractivity contribution in [3.63, 3.8) is 0 Å². The zero-order valence-electron chi connectivity index (χ0n) is 8.29. The van der Waals surface area contributed by atoms with Gasteiger partial charge in [-0.1, -0.05) is 0 Å². The second-order valence-electron chi connectivity index (χ2n) is 3.39. The van der Waals surface area contributed by atoms with Crippen LogP contribution in [0.3, 0.4) is 0 Å². The van der Waals surface area contributed by atoms with E-state index in [1.807, 2.05) is 19.6 Å². The molecule has 0 amide bonds. The second kappa shape index (κ2) is 4.81. The van der Waals surface area contributed by atoms with Gasteiger partial charge < -0.3 is 9.16 Å². The van der Waals surface area contributed by atoms with Gasteiger partial charge in [0.05, 0.1) is 7.11 Å². The maximum atomic E-state index is 11.0. The quantitative estimate of drug-likeness (QED) is 0.390. The molecule has 0 spiro atoms. The molecular weight excluding hydrogens is 188 g/mol. The van der Waals surface area contributed by atoms with Gasteiger partial charge in [-0.2, -0.15) is 0 Å². The van der Waals surface area contributed by atoms with Crippen LogP contribution in [0.5, 0.6) is 0 Å². The third-order valence-corrected chi connectivity index (χ3v) is 1.78. The van der Waals surface area contributed by atoms with E-state index in [0.717, 1.165) is 12.2 Å². The van der Waals surface area contributed by atoms with Crippen LogP contribution in [0, 0.1) is 0 Å². The summed E-state index contributed by atoms with van der Waals surface area (Å²) in [5.74, 6) is -1.06. The molecule has 0 heterocycles. The minimum atomic E-state index is -1.86. The molecule has 0 radical (unpaired) electrons. The normalized spacial score (nSPS) is 11.4. The third-order valence-electron chi connectivity index (χ3n) is 0.963. The van der Waals surface area contributed by atoms with Gasteiger partial charge in [0.25, 0.3) is 0 Å². The second-order valence-corrected chi connectivity index (χ2v) is 7.82. The molecule has 0 saturated carbocycles. The van der Waals surface area contributed by atoms with Crippen LogP contribution in [-0.4, -0.2) is 27.4 Å². The summed E-state index contributed by atoms with van der Waals surface area (Å²) in [5, 5.41) is 0. The Bertz CT molecular complexity index is 227. The van der Waals surface area contributed by atoms with Gasteiger partial charge in [-0.15, -0.1) is 0 Å². The molecule has 0 bridgehead atoms. The fraction of sp³-hybridized carbons (Fsp3) is 0.500. The van der Waals surface area contributed by atoms with E-state index >= 15 is 0 Å². The fourth-order valence-electron chi connectivity index (χ4n) is 0.540. The van der Waals surface area contributed by atoms with Crippen LogP contribution in [-0.2, 0) is 18.8 Å². The minimum Gasteiger partial charge on any atom is -0.517 e. The van der Waals surface area contributed by atoms with Crippen molar-refractivity contribution < 1.29 is 18.8 Å². The maximum absolute atomic E-state index is 11.0. The van der Waals surface area contributed by atoms with Crippen LogP contribution in [0.15, 0.2) is 12.2 Å². The SMILES string of the molecule is COC(=O)C=CC(=O)O[Si](C)(C)C. The summed E-state index contributed by atoms with van der Waals surface area (Å²) < 4.78 is 9.35. The maximum Gasteiger partial charge on any atom is 0.330 e. The average molecular weight is 202 g/mol. The summed E-state index contributed by atoms with van der Waals surface area (Å²) in [5.41, 5.74) is 0. The van der Waals surface area contributed by atoms with Crippen LogP contribution >= 0.6 is 0 Å². The first-order chi connectivity index (χ1) is 5.85. The van der Waals surface area contributed by atoms with Crippen molar-refractivity contribution in [2.45, 2.75) is 19.6 Å². The van der Waals surface area contributed by atoms with E-state index in [2.05, 4.69) is 4.74 Å². The Labute approximate surface area is 78.7 Å². The summed E-state index contributed by atoms with van der Waals surface area (Å²) >= 11 is 0. The molecule has 0 aromatic heterocycles. The van der Waals surface area contributed by atoms with Crippen molar-refractivity contribution in [1.29, 1.82) is 0 Å². The summed E-state index contributed by atoms with van der Waals surface area (Å²) in [7, 11) is -0.609. The van der Waals surface area contributed by atoms with Gasteiger partial charge in [0.1, 0.15) is 0 Å². The topological polar surface area (TPSA) is 52.6 Å². The Kier molecular flexibility index (Phi) is 4.40. The predicted octanol–water partition coefficient (Wildman–Crippen LogP) is 1.09. The third kappa shape index (κ3) is 7.26.